The zero-order valence-electron chi connectivity index (χ0n) is 18.8. The van der Waals surface area contributed by atoms with Crippen molar-refractivity contribution in [1.29, 1.82) is 0 Å². The monoisotopic (exact) mass is 484 g/mol. The van der Waals surface area contributed by atoms with Crippen LogP contribution in [-0.4, -0.2) is 47.0 Å². The standard InChI is InChI=1S/C25H26F2N4O4/c26-22-21(34-14-17-9-5-2-6-10-17)19(15-33-13-16-7-3-1-4-8-16)35-25(22,32)20-12-11-18-23(28)29-24(27)30-31(18)20/h1-12,19,21-22,24,30,32H,13-15H2,(H2,28,29)/t19-,21-,22-,24?,25?/m1/s1. The number of nitrogens with two attached hydrogens (primary N) is 1. The molecule has 2 aromatic carbocycles. The molecule has 0 saturated carbocycles. The van der Waals surface area contributed by atoms with Crippen molar-refractivity contribution in [2.24, 2.45) is 10.7 Å². The van der Waals surface area contributed by atoms with Crippen molar-refractivity contribution in [1.82, 2.24) is 4.68 Å². The van der Waals surface area contributed by atoms with Gasteiger partial charge in [-0.1, -0.05) is 60.7 Å². The molecule has 2 aliphatic rings. The predicted octanol–water partition coefficient (Wildman–Crippen LogP) is 2.69. The zero-order valence-corrected chi connectivity index (χ0v) is 18.8. The summed E-state index contributed by atoms with van der Waals surface area (Å²) in [4.78, 5) is 3.60. The second kappa shape index (κ2) is 9.74. The molecule has 1 fully saturated rings. The lowest BCUT2D eigenvalue weighted by molar-refractivity contribution is -0.233. The molecule has 10 heteroatoms. The van der Waals surface area contributed by atoms with E-state index in [1.54, 1.807) is 0 Å². The van der Waals surface area contributed by atoms with Gasteiger partial charge in [-0.3, -0.25) is 10.1 Å². The molecule has 1 aromatic heterocycles. The van der Waals surface area contributed by atoms with Gasteiger partial charge in [-0.25, -0.2) is 9.38 Å². The number of halogens is 2. The normalized spacial score (nSPS) is 27.8. The van der Waals surface area contributed by atoms with Gasteiger partial charge in [0.2, 0.25) is 5.79 Å². The molecule has 184 valence electrons. The number of ether oxygens (including phenoxy) is 3. The number of fused-ring (bicyclic) bond motifs is 1. The predicted molar refractivity (Wildman–Crippen MR) is 124 cm³/mol. The van der Waals surface area contributed by atoms with E-state index >= 15 is 4.39 Å². The Morgan fingerprint density at radius 2 is 1.66 bits per heavy atom. The number of alkyl halides is 2. The molecule has 0 radical (unpaired) electrons. The van der Waals surface area contributed by atoms with Crippen LogP contribution in [0.3, 0.4) is 0 Å². The van der Waals surface area contributed by atoms with E-state index in [0.717, 1.165) is 15.8 Å². The van der Waals surface area contributed by atoms with E-state index in [1.165, 1.54) is 12.1 Å². The quantitative estimate of drug-likeness (QED) is 0.425. The van der Waals surface area contributed by atoms with E-state index in [9.17, 15) is 9.50 Å². The van der Waals surface area contributed by atoms with E-state index in [1.807, 2.05) is 60.7 Å². The minimum Gasteiger partial charge on any atom is -0.382 e. The highest BCUT2D eigenvalue weighted by Crippen LogP contribution is 2.42. The first-order valence-corrected chi connectivity index (χ1v) is 11.2. The Hall–Kier alpha value is -3.31. The lowest BCUT2D eigenvalue weighted by Gasteiger charge is -2.29. The molecular weight excluding hydrogens is 458 g/mol. The van der Waals surface area contributed by atoms with Crippen LogP contribution in [0.1, 0.15) is 22.5 Å². The third kappa shape index (κ3) is 4.65. The van der Waals surface area contributed by atoms with Gasteiger partial charge in [-0.2, -0.15) is 4.39 Å². The summed E-state index contributed by atoms with van der Waals surface area (Å²) in [7, 11) is 0. The van der Waals surface area contributed by atoms with Gasteiger partial charge in [-0.15, -0.1) is 0 Å². The fourth-order valence-electron chi connectivity index (χ4n) is 4.31. The Kier molecular flexibility index (Phi) is 6.52. The molecule has 0 aliphatic carbocycles. The van der Waals surface area contributed by atoms with Crippen molar-refractivity contribution in [3.63, 3.8) is 0 Å². The molecule has 0 amide bonds. The van der Waals surface area contributed by atoms with Gasteiger partial charge in [0.05, 0.1) is 19.8 Å². The van der Waals surface area contributed by atoms with E-state index in [4.69, 9.17) is 19.9 Å². The third-order valence-electron chi connectivity index (χ3n) is 6.04. The summed E-state index contributed by atoms with van der Waals surface area (Å²) < 4.78 is 48.6. The van der Waals surface area contributed by atoms with Gasteiger partial charge in [0.1, 0.15) is 29.4 Å². The molecular formula is C25H26F2N4O4. The summed E-state index contributed by atoms with van der Waals surface area (Å²) in [6.07, 6.45) is -5.95. The van der Waals surface area contributed by atoms with Crippen LogP contribution in [0.4, 0.5) is 8.78 Å². The maximum atomic E-state index is 15.9. The molecule has 2 unspecified atom stereocenters. The number of hydrogen-bond acceptors (Lipinski definition) is 7. The third-order valence-corrected chi connectivity index (χ3v) is 6.04. The maximum absolute atomic E-state index is 15.9. The number of nitrogens with one attached hydrogen (secondary N) is 1. The van der Waals surface area contributed by atoms with Crippen molar-refractivity contribution in [3.8, 4) is 0 Å². The molecule has 2 aliphatic heterocycles. The van der Waals surface area contributed by atoms with Crippen LogP contribution in [0.5, 0.6) is 0 Å². The van der Waals surface area contributed by atoms with Gasteiger partial charge in [0, 0.05) is 0 Å². The Morgan fingerprint density at radius 3 is 2.34 bits per heavy atom. The summed E-state index contributed by atoms with van der Waals surface area (Å²) in [6, 6.07) is 21.7. The molecule has 5 atom stereocenters. The van der Waals surface area contributed by atoms with Crippen molar-refractivity contribution in [2.45, 2.75) is 43.8 Å². The molecule has 0 spiro atoms. The van der Waals surface area contributed by atoms with Crippen molar-refractivity contribution in [2.75, 3.05) is 12.0 Å². The number of rotatable bonds is 8. The minimum absolute atomic E-state index is 0.0343. The smallest absolute Gasteiger partial charge is 0.279 e. The number of aromatic nitrogens is 1. The largest absolute Gasteiger partial charge is 0.382 e. The highest BCUT2D eigenvalue weighted by molar-refractivity contribution is 5.97. The summed E-state index contributed by atoms with van der Waals surface area (Å²) in [6.45, 7) is 0.352. The van der Waals surface area contributed by atoms with E-state index in [0.29, 0.717) is 0 Å². The SMILES string of the molecule is NC1=NC(F)Nn2c1ccc2C1(O)O[C@H](COCc2ccccc2)[C@@H](OCc2ccccc2)[C@H]1F. The Balaban J connectivity index is 1.38. The molecule has 0 bridgehead atoms. The average molecular weight is 485 g/mol. The first kappa shape index (κ1) is 23.4. The van der Waals surface area contributed by atoms with Gasteiger partial charge in [-0.05, 0) is 23.3 Å². The summed E-state index contributed by atoms with van der Waals surface area (Å²) in [5, 5.41) is 11.4. The van der Waals surface area contributed by atoms with Gasteiger partial charge < -0.3 is 25.1 Å². The summed E-state index contributed by atoms with van der Waals surface area (Å²) in [5.41, 5.74) is 10.2. The van der Waals surface area contributed by atoms with Gasteiger partial charge >= 0.3 is 0 Å². The maximum Gasteiger partial charge on any atom is 0.279 e. The van der Waals surface area contributed by atoms with Crippen molar-refractivity contribution < 1.29 is 28.1 Å². The first-order valence-electron chi connectivity index (χ1n) is 11.2. The van der Waals surface area contributed by atoms with Gasteiger partial charge in [0.15, 0.2) is 6.17 Å². The van der Waals surface area contributed by atoms with Crippen LogP contribution in [0.25, 0.3) is 0 Å². The minimum atomic E-state index is -2.44. The number of nitrogens with zero attached hydrogens (tertiary/aromatic N) is 2. The highest BCUT2D eigenvalue weighted by atomic mass is 19.1. The number of amidine groups is 1. The molecule has 35 heavy (non-hydrogen) atoms. The highest BCUT2D eigenvalue weighted by Gasteiger charge is 2.59. The lowest BCUT2D eigenvalue weighted by Crippen LogP contribution is -2.44. The number of benzene rings is 2. The number of aliphatic hydroxyl groups is 1. The molecule has 4 N–H and O–H groups in total. The van der Waals surface area contributed by atoms with Gasteiger partial charge in [0.25, 0.3) is 6.42 Å². The summed E-state index contributed by atoms with van der Waals surface area (Å²) in [5.74, 6) is -2.52. The lowest BCUT2D eigenvalue weighted by atomic mass is 10.0. The first-order chi connectivity index (χ1) is 17.0. The zero-order chi connectivity index (χ0) is 24.4. The van der Waals surface area contributed by atoms with Crippen LogP contribution < -0.4 is 11.2 Å². The molecule has 8 nitrogen and oxygen atoms in total. The fourth-order valence-corrected chi connectivity index (χ4v) is 4.31. The average Bonchev–Trinajstić information content (AvgIpc) is 3.39. The van der Waals surface area contributed by atoms with Crippen LogP contribution in [0.15, 0.2) is 77.8 Å². The molecule has 3 heterocycles. The number of hydrogen-bond donors (Lipinski definition) is 3. The van der Waals surface area contributed by atoms with E-state index in [2.05, 4.69) is 10.4 Å². The van der Waals surface area contributed by atoms with Crippen molar-refractivity contribution in [3.05, 3.63) is 95.3 Å². The fraction of sp³-hybridized carbons (Fsp3) is 0.320. The number of aliphatic imine (C=N–C) groups is 1. The Morgan fingerprint density at radius 1 is 1.00 bits per heavy atom. The van der Waals surface area contributed by atoms with Crippen LogP contribution in [0, 0.1) is 0 Å². The van der Waals surface area contributed by atoms with Crippen LogP contribution in [0.2, 0.25) is 0 Å². The Bertz CT molecular complexity index is 1180. The summed E-state index contributed by atoms with van der Waals surface area (Å²) >= 11 is 0. The molecule has 5 rings (SSSR count). The molecule has 3 aromatic rings. The topological polar surface area (TPSA) is 103 Å². The second-order valence-electron chi connectivity index (χ2n) is 8.43. The second-order valence-corrected chi connectivity index (χ2v) is 8.43. The van der Waals surface area contributed by atoms with Crippen LogP contribution in [-0.2, 0) is 33.2 Å². The molecule has 1 saturated heterocycles. The Labute approximate surface area is 200 Å². The van der Waals surface area contributed by atoms with Crippen molar-refractivity contribution >= 4 is 5.84 Å². The van der Waals surface area contributed by atoms with E-state index in [-0.39, 0.29) is 37.0 Å². The van der Waals surface area contributed by atoms with E-state index < -0.39 is 30.6 Å². The van der Waals surface area contributed by atoms with Crippen LogP contribution >= 0.6 is 0 Å².